The molecule has 2 heterocycles. The van der Waals surface area contributed by atoms with Gasteiger partial charge in [0, 0.05) is 25.2 Å². The summed E-state index contributed by atoms with van der Waals surface area (Å²) in [4.78, 5) is 3.85. The zero-order valence-corrected chi connectivity index (χ0v) is 10.4. The van der Waals surface area contributed by atoms with Gasteiger partial charge in [0.1, 0.15) is 11.6 Å². The van der Waals surface area contributed by atoms with Crippen LogP contribution in [0, 0.1) is 0 Å². The van der Waals surface area contributed by atoms with Crippen LogP contribution in [-0.2, 0) is 16.4 Å². The van der Waals surface area contributed by atoms with Crippen molar-refractivity contribution in [1.29, 1.82) is 0 Å². The van der Waals surface area contributed by atoms with Crippen LogP contribution in [-0.4, -0.2) is 19.9 Å². The minimum Gasteiger partial charge on any atom is -0.469 e. The molecular weight excluding hydrogens is 254 g/mol. The number of nitrogen functional groups attached to an aromatic ring is 1. The first kappa shape index (κ1) is 12.6. The second-order valence-corrected chi connectivity index (χ2v) is 5.41. The lowest BCUT2D eigenvalue weighted by Crippen LogP contribution is -2.26. The summed E-state index contributed by atoms with van der Waals surface area (Å²) in [5.74, 6) is 0.899. The van der Waals surface area contributed by atoms with Crippen molar-refractivity contribution >= 4 is 15.8 Å². The van der Waals surface area contributed by atoms with Crippen LogP contribution >= 0.6 is 0 Å². The van der Waals surface area contributed by atoms with E-state index in [-0.39, 0.29) is 17.3 Å². The minimum absolute atomic E-state index is 0.106. The molecule has 0 saturated carbocycles. The highest BCUT2D eigenvalue weighted by atomic mass is 32.2. The fraction of sp³-hybridized carbons (Fsp3) is 0.182. The Bertz CT molecular complexity index is 608. The Morgan fingerprint density at radius 2 is 2.22 bits per heavy atom. The maximum absolute atomic E-state index is 11.9. The van der Waals surface area contributed by atoms with E-state index in [4.69, 9.17) is 10.2 Å². The van der Waals surface area contributed by atoms with Crippen molar-refractivity contribution in [2.75, 3.05) is 12.3 Å². The smallest absolute Gasteiger partial charge is 0.240 e. The number of nitrogens with zero attached hydrogens (tertiary/aromatic N) is 1. The van der Waals surface area contributed by atoms with Crippen LogP contribution in [0.3, 0.4) is 0 Å². The van der Waals surface area contributed by atoms with Crippen LogP contribution in [0.25, 0.3) is 0 Å². The number of nitrogens with two attached hydrogens (primary N) is 1. The molecule has 0 aliphatic heterocycles. The average molecular weight is 267 g/mol. The van der Waals surface area contributed by atoms with Crippen LogP contribution in [0.4, 0.5) is 5.82 Å². The summed E-state index contributed by atoms with van der Waals surface area (Å²) in [7, 11) is -3.55. The molecule has 0 atom stereocenters. The van der Waals surface area contributed by atoms with Crippen LogP contribution < -0.4 is 10.5 Å². The zero-order valence-electron chi connectivity index (χ0n) is 9.54. The van der Waals surface area contributed by atoms with E-state index in [2.05, 4.69) is 9.71 Å². The Labute approximate surface area is 105 Å². The summed E-state index contributed by atoms with van der Waals surface area (Å²) >= 11 is 0. The number of pyridine rings is 1. The van der Waals surface area contributed by atoms with Gasteiger partial charge in [-0.3, -0.25) is 0 Å². The molecule has 0 amide bonds. The molecule has 0 radical (unpaired) electrons. The van der Waals surface area contributed by atoms with Crippen LogP contribution in [0.2, 0.25) is 0 Å². The molecule has 0 aromatic carbocycles. The maximum Gasteiger partial charge on any atom is 0.240 e. The van der Waals surface area contributed by atoms with E-state index in [0.29, 0.717) is 6.42 Å². The topological polar surface area (TPSA) is 98.2 Å². The van der Waals surface area contributed by atoms with E-state index >= 15 is 0 Å². The van der Waals surface area contributed by atoms with Crippen molar-refractivity contribution in [2.45, 2.75) is 11.3 Å². The highest BCUT2D eigenvalue weighted by Gasteiger charge is 2.13. The fourth-order valence-electron chi connectivity index (χ4n) is 1.44. The quantitative estimate of drug-likeness (QED) is 0.834. The van der Waals surface area contributed by atoms with Gasteiger partial charge in [-0.25, -0.2) is 18.1 Å². The third kappa shape index (κ3) is 3.08. The number of sulfonamides is 1. The van der Waals surface area contributed by atoms with Gasteiger partial charge in [0.05, 0.1) is 11.2 Å². The standard InChI is InChI=1S/C11H13N3O3S/c12-11-8-10(4-5-13-11)18(15,16)14-6-3-9-2-1-7-17-9/h1-2,4-5,7-8,14H,3,6H2,(H2,12,13). The van der Waals surface area contributed by atoms with Gasteiger partial charge in [0.25, 0.3) is 0 Å². The van der Waals surface area contributed by atoms with Crippen molar-refractivity contribution < 1.29 is 12.8 Å². The Hall–Kier alpha value is -1.86. The largest absolute Gasteiger partial charge is 0.469 e. The van der Waals surface area contributed by atoms with E-state index in [1.54, 1.807) is 18.4 Å². The molecule has 2 aromatic heterocycles. The van der Waals surface area contributed by atoms with Crippen LogP contribution in [0.15, 0.2) is 46.0 Å². The Kier molecular flexibility index (Phi) is 3.63. The first-order valence-electron chi connectivity index (χ1n) is 5.31. The predicted octanol–water partition coefficient (Wildman–Crippen LogP) is 0.778. The van der Waals surface area contributed by atoms with Crippen molar-refractivity contribution in [3.05, 3.63) is 42.5 Å². The summed E-state index contributed by atoms with van der Waals surface area (Å²) in [5, 5.41) is 0. The molecule has 0 aliphatic rings. The first-order chi connectivity index (χ1) is 8.58. The third-order valence-corrected chi connectivity index (χ3v) is 3.77. The number of anilines is 1. The summed E-state index contributed by atoms with van der Waals surface area (Å²) in [6.45, 7) is 0.262. The highest BCUT2D eigenvalue weighted by Crippen LogP contribution is 2.10. The molecule has 96 valence electrons. The fourth-order valence-corrected chi connectivity index (χ4v) is 2.50. The molecule has 0 fully saturated rings. The molecule has 0 bridgehead atoms. The van der Waals surface area contributed by atoms with Gasteiger partial charge in [-0.15, -0.1) is 0 Å². The lowest BCUT2D eigenvalue weighted by atomic mass is 10.3. The predicted molar refractivity (Wildman–Crippen MR) is 66.2 cm³/mol. The number of rotatable bonds is 5. The molecule has 2 aromatic rings. The molecule has 0 spiro atoms. The molecule has 7 heteroatoms. The van der Waals surface area contributed by atoms with Crippen molar-refractivity contribution in [1.82, 2.24) is 9.71 Å². The van der Waals surface area contributed by atoms with E-state index in [1.807, 2.05) is 0 Å². The van der Waals surface area contributed by atoms with Gasteiger partial charge in [-0.05, 0) is 18.2 Å². The molecule has 6 nitrogen and oxygen atoms in total. The van der Waals surface area contributed by atoms with Crippen molar-refractivity contribution in [2.24, 2.45) is 0 Å². The number of furan rings is 1. The number of hydrogen-bond donors (Lipinski definition) is 2. The summed E-state index contributed by atoms with van der Waals surface area (Å²) in [6, 6.07) is 6.26. The SMILES string of the molecule is Nc1cc(S(=O)(=O)NCCc2ccco2)ccn1. The molecule has 0 saturated heterocycles. The maximum atomic E-state index is 11.9. The molecule has 3 N–H and O–H groups in total. The minimum atomic E-state index is -3.55. The molecule has 18 heavy (non-hydrogen) atoms. The van der Waals surface area contributed by atoms with Crippen molar-refractivity contribution in [3.63, 3.8) is 0 Å². The molecular formula is C11H13N3O3S. The van der Waals surface area contributed by atoms with Gasteiger partial charge < -0.3 is 10.2 Å². The molecule has 2 rings (SSSR count). The summed E-state index contributed by atoms with van der Waals surface area (Å²) < 4.78 is 31.4. The van der Waals surface area contributed by atoms with Gasteiger partial charge in [0.2, 0.25) is 10.0 Å². The van der Waals surface area contributed by atoms with Crippen LogP contribution in [0.5, 0.6) is 0 Å². The number of hydrogen-bond acceptors (Lipinski definition) is 5. The summed E-state index contributed by atoms with van der Waals surface area (Å²) in [6.07, 6.45) is 3.40. The van der Waals surface area contributed by atoms with Gasteiger partial charge >= 0.3 is 0 Å². The highest BCUT2D eigenvalue weighted by molar-refractivity contribution is 7.89. The van der Waals surface area contributed by atoms with Gasteiger partial charge in [-0.1, -0.05) is 0 Å². The lowest BCUT2D eigenvalue weighted by molar-refractivity contribution is 0.506. The van der Waals surface area contributed by atoms with E-state index in [1.165, 1.54) is 18.3 Å². The summed E-state index contributed by atoms with van der Waals surface area (Å²) in [5.41, 5.74) is 5.44. The van der Waals surface area contributed by atoms with E-state index in [0.717, 1.165) is 5.76 Å². The van der Waals surface area contributed by atoms with E-state index < -0.39 is 10.0 Å². The normalized spacial score (nSPS) is 11.6. The third-order valence-electron chi connectivity index (χ3n) is 2.31. The second-order valence-electron chi connectivity index (χ2n) is 3.64. The first-order valence-corrected chi connectivity index (χ1v) is 6.80. The Morgan fingerprint density at radius 3 is 2.89 bits per heavy atom. The Morgan fingerprint density at radius 1 is 1.39 bits per heavy atom. The monoisotopic (exact) mass is 267 g/mol. The van der Waals surface area contributed by atoms with Gasteiger partial charge in [-0.2, -0.15) is 0 Å². The lowest BCUT2D eigenvalue weighted by Gasteiger charge is -2.06. The average Bonchev–Trinajstić information content (AvgIpc) is 2.82. The van der Waals surface area contributed by atoms with Gasteiger partial charge in [0.15, 0.2) is 0 Å². The molecule has 0 unspecified atom stereocenters. The van der Waals surface area contributed by atoms with Crippen LogP contribution in [0.1, 0.15) is 5.76 Å². The molecule has 0 aliphatic carbocycles. The number of aromatic nitrogens is 1. The van der Waals surface area contributed by atoms with Crippen molar-refractivity contribution in [3.8, 4) is 0 Å². The number of nitrogens with one attached hydrogen (secondary N) is 1. The Balaban J connectivity index is 1.99. The van der Waals surface area contributed by atoms with E-state index in [9.17, 15) is 8.42 Å². The second kappa shape index (κ2) is 5.19. The zero-order chi connectivity index (χ0) is 13.0.